The van der Waals surface area contributed by atoms with Gasteiger partial charge >= 0.3 is 5.97 Å². The van der Waals surface area contributed by atoms with Gasteiger partial charge in [-0.1, -0.05) is 0 Å². The number of anilines is 1. The molecule has 2 N–H and O–H groups in total. The molecule has 0 bridgehead atoms. The second-order valence-corrected chi connectivity index (χ2v) is 6.53. The Balaban J connectivity index is 1.93. The molecular weight excluding hydrogens is 356 g/mol. The molecule has 1 aliphatic rings. The Kier molecular flexibility index (Phi) is 4.61. The molecule has 2 aromatic rings. The van der Waals surface area contributed by atoms with Gasteiger partial charge in [0.1, 0.15) is 6.07 Å². The number of hydrogen-bond acceptors (Lipinski definition) is 8. The fourth-order valence-corrected chi connectivity index (χ4v) is 2.71. The zero-order chi connectivity index (χ0) is 19.8. The number of rotatable bonds is 4. The van der Waals surface area contributed by atoms with Crippen molar-refractivity contribution in [2.75, 3.05) is 11.4 Å². The van der Waals surface area contributed by atoms with E-state index in [2.05, 4.69) is 15.3 Å². The summed E-state index contributed by atoms with van der Waals surface area (Å²) in [5, 5.41) is 39.4. The Morgan fingerprint density at radius 1 is 1.52 bits per heavy atom. The van der Waals surface area contributed by atoms with Gasteiger partial charge in [-0.25, -0.2) is 9.48 Å². The number of carbonyl (C=O) groups is 2. The highest BCUT2D eigenvalue weighted by Gasteiger charge is 2.46. The van der Waals surface area contributed by atoms with Crippen LogP contribution in [0.3, 0.4) is 0 Å². The fraction of sp³-hybridized carbons (Fsp3) is 0.375. The number of carbonyl (C=O) groups excluding carboxylic acids is 1. The summed E-state index contributed by atoms with van der Waals surface area (Å²) < 4.78 is 6.88. The number of aliphatic carboxylic acids is 1. The number of ether oxygens (including phenoxy) is 1. The molecule has 0 spiro atoms. The zero-order valence-electron chi connectivity index (χ0n) is 14.5. The number of nitriles is 1. The van der Waals surface area contributed by atoms with Crippen LogP contribution < -0.4 is 4.90 Å². The lowest BCUT2D eigenvalue weighted by Gasteiger charge is -2.41. The van der Waals surface area contributed by atoms with Gasteiger partial charge in [0.25, 0.3) is 5.91 Å². The van der Waals surface area contributed by atoms with Crippen molar-refractivity contribution in [3.8, 4) is 11.8 Å². The van der Waals surface area contributed by atoms with Crippen molar-refractivity contribution in [2.45, 2.75) is 31.7 Å². The molecule has 3 heterocycles. The third-order valence-corrected chi connectivity index (χ3v) is 3.90. The summed E-state index contributed by atoms with van der Waals surface area (Å²) in [7, 11) is 0. The lowest BCUT2D eigenvalue weighted by atomic mass is 10.0. The van der Waals surface area contributed by atoms with Crippen molar-refractivity contribution in [2.24, 2.45) is 0 Å². The average molecular weight is 372 g/mol. The number of hydrogen-bond donors (Lipinski definition) is 2. The molecule has 3 rings (SSSR count). The van der Waals surface area contributed by atoms with E-state index in [1.54, 1.807) is 26.1 Å². The first-order valence-corrected chi connectivity index (χ1v) is 7.91. The highest BCUT2D eigenvalue weighted by Crippen LogP contribution is 2.28. The number of amides is 1. The predicted molar refractivity (Wildman–Crippen MR) is 88.8 cm³/mol. The number of aliphatic hydroxyl groups excluding tert-OH is 1. The quantitative estimate of drug-likeness (QED) is 0.722. The largest absolute Gasteiger partial charge is 0.479 e. The second kappa shape index (κ2) is 6.75. The minimum Gasteiger partial charge on any atom is -0.479 e. The summed E-state index contributed by atoms with van der Waals surface area (Å²) in [5.41, 5.74) is -0.321. The summed E-state index contributed by atoms with van der Waals surface area (Å²) in [6.07, 6.45) is -0.584. The maximum atomic E-state index is 12.7. The Morgan fingerprint density at radius 3 is 2.93 bits per heavy atom. The van der Waals surface area contributed by atoms with Gasteiger partial charge in [-0.3, -0.25) is 9.69 Å². The topological polar surface area (TPSA) is 154 Å². The Labute approximate surface area is 153 Å². The highest BCUT2D eigenvalue weighted by molar-refractivity contribution is 5.99. The van der Waals surface area contributed by atoms with Crippen molar-refractivity contribution < 1.29 is 24.5 Å². The van der Waals surface area contributed by atoms with E-state index in [1.165, 1.54) is 21.8 Å². The normalized spacial score (nSPS) is 20.1. The molecule has 0 aromatic carbocycles. The maximum Gasteiger partial charge on any atom is 0.335 e. The van der Waals surface area contributed by atoms with Crippen LogP contribution in [-0.4, -0.2) is 66.4 Å². The van der Waals surface area contributed by atoms with Crippen LogP contribution in [0.5, 0.6) is 0 Å². The first-order chi connectivity index (χ1) is 12.7. The van der Waals surface area contributed by atoms with Crippen LogP contribution in [0, 0.1) is 11.3 Å². The van der Waals surface area contributed by atoms with Crippen molar-refractivity contribution in [3.05, 3.63) is 30.2 Å². The highest BCUT2D eigenvalue weighted by atomic mass is 16.5. The number of morpholine rings is 1. The summed E-state index contributed by atoms with van der Waals surface area (Å²) >= 11 is 0. The molecule has 27 heavy (non-hydrogen) atoms. The molecule has 0 radical (unpaired) electrons. The summed E-state index contributed by atoms with van der Waals surface area (Å²) in [6, 6.07) is 4.90. The Hall–Kier alpha value is -3.36. The minimum atomic E-state index is -2.00. The monoisotopic (exact) mass is 372 g/mol. The summed E-state index contributed by atoms with van der Waals surface area (Å²) in [6.45, 7) is 3.47. The van der Waals surface area contributed by atoms with Crippen molar-refractivity contribution in [1.82, 2.24) is 20.0 Å². The smallest absolute Gasteiger partial charge is 0.335 e. The third kappa shape index (κ3) is 3.62. The molecule has 11 heteroatoms. The molecule has 0 aliphatic carbocycles. The molecule has 2 aromatic heterocycles. The van der Waals surface area contributed by atoms with Crippen LogP contribution in [0.2, 0.25) is 0 Å². The molecule has 1 fully saturated rings. The van der Waals surface area contributed by atoms with Crippen LogP contribution in [-0.2, 0) is 14.3 Å². The van der Waals surface area contributed by atoms with Crippen LogP contribution in [0.1, 0.15) is 19.5 Å². The van der Waals surface area contributed by atoms with Gasteiger partial charge in [-0.15, -0.1) is 10.2 Å². The third-order valence-electron chi connectivity index (χ3n) is 3.90. The average Bonchev–Trinajstić information content (AvgIpc) is 3.12. The van der Waals surface area contributed by atoms with Crippen LogP contribution in [0.25, 0.3) is 5.69 Å². The minimum absolute atomic E-state index is 0.109. The Bertz CT molecular complexity index is 933. The van der Waals surface area contributed by atoms with E-state index in [9.17, 15) is 14.7 Å². The van der Waals surface area contributed by atoms with Crippen LogP contribution in [0.4, 0.5) is 5.82 Å². The number of aromatic nitrogens is 4. The first kappa shape index (κ1) is 18.4. The van der Waals surface area contributed by atoms with Crippen molar-refractivity contribution in [1.29, 1.82) is 5.26 Å². The molecule has 11 nitrogen and oxygen atoms in total. The fourth-order valence-electron chi connectivity index (χ4n) is 2.71. The first-order valence-electron chi connectivity index (χ1n) is 7.91. The van der Waals surface area contributed by atoms with E-state index in [4.69, 9.17) is 15.1 Å². The lowest BCUT2D eigenvalue weighted by Crippen LogP contribution is -2.61. The molecule has 0 unspecified atom stereocenters. The van der Waals surface area contributed by atoms with Gasteiger partial charge < -0.3 is 14.9 Å². The molecule has 1 amide bonds. The van der Waals surface area contributed by atoms with E-state index in [-0.39, 0.29) is 18.1 Å². The standard InChI is InChI=1S/C16H16N6O5/c1-16(2)8-21(14(24)13(27-16)12(23)15(25)26)11-3-4-22(20-11)10-5-9(6-17)19-18-7-10/h3-5,7,12-13,23H,8H2,1-2H3,(H,25,26)/t12-,13-/m1/s1. The summed E-state index contributed by atoms with van der Waals surface area (Å²) in [5.74, 6) is -2.02. The SMILES string of the molecule is CC1(C)CN(c2ccn(-c3cnnc(C#N)c3)n2)C(=O)[C@@H]([C@@H](O)C(=O)O)O1. The molecule has 1 aliphatic heterocycles. The van der Waals surface area contributed by atoms with Crippen molar-refractivity contribution >= 4 is 17.7 Å². The lowest BCUT2D eigenvalue weighted by molar-refractivity contribution is -0.178. The molecule has 2 atom stereocenters. The van der Waals surface area contributed by atoms with Gasteiger partial charge in [-0.05, 0) is 13.8 Å². The van der Waals surface area contributed by atoms with Gasteiger partial charge in [0.2, 0.25) is 0 Å². The maximum absolute atomic E-state index is 12.7. The molecule has 0 saturated carbocycles. The predicted octanol–water partition coefficient (Wildman–Crippen LogP) is -0.510. The van der Waals surface area contributed by atoms with Crippen LogP contribution in [0.15, 0.2) is 24.5 Å². The number of carboxylic acid groups (broad SMARTS) is 1. The van der Waals surface area contributed by atoms with E-state index in [0.717, 1.165) is 0 Å². The second-order valence-electron chi connectivity index (χ2n) is 6.53. The van der Waals surface area contributed by atoms with E-state index in [0.29, 0.717) is 5.69 Å². The molecular formula is C16H16N6O5. The zero-order valence-corrected chi connectivity index (χ0v) is 14.5. The molecule has 140 valence electrons. The van der Waals surface area contributed by atoms with Crippen molar-refractivity contribution in [3.63, 3.8) is 0 Å². The number of carboxylic acids is 1. The van der Waals surface area contributed by atoms with E-state index < -0.39 is 29.7 Å². The molecule has 1 saturated heterocycles. The Morgan fingerprint density at radius 2 is 2.26 bits per heavy atom. The van der Waals surface area contributed by atoms with Gasteiger partial charge in [-0.2, -0.15) is 10.4 Å². The van der Waals surface area contributed by atoms with Crippen LogP contribution >= 0.6 is 0 Å². The van der Waals surface area contributed by atoms with Gasteiger partial charge in [0, 0.05) is 18.3 Å². The van der Waals surface area contributed by atoms with E-state index >= 15 is 0 Å². The summed E-state index contributed by atoms with van der Waals surface area (Å²) in [4.78, 5) is 25.0. The van der Waals surface area contributed by atoms with Gasteiger partial charge in [0.05, 0.1) is 24.0 Å². The number of aliphatic hydroxyl groups is 1. The van der Waals surface area contributed by atoms with E-state index in [1.807, 2.05) is 6.07 Å². The van der Waals surface area contributed by atoms with Gasteiger partial charge in [0.15, 0.2) is 23.7 Å². The number of nitrogens with zero attached hydrogens (tertiary/aromatic N) is 6.